The molecule has 0 saturated carbocycles. The fourth-order valence-corrected chi connectivity index (χ4v) is 3.09. The van der Waals surface area contributed by atoms with Crippen LogP contribution in [-0.2, 0) is 20.8 Å². The first-order valence-corrected chi connectivity index (χ1v) is 8.75. The largest absolute Gasteiger partial charge is 0.452 e. The first-order chi connectivity index (χ1) is 13.2. The summed E-state index contributed by atoms with van der Waals surface area (Å²) in [5.74, 6) is -0.243. The predicted molar refractivity (Wildman–Crippen MR) is 100 cm³/mol. The smallest absolute Gasteiger partial charge is 0.414 e. The number of carbonyl (C=O) groups is 2. The molecule has 3 rings (SSSR count). The first kappa shape index (κ1) is 18.7. The fourth-order valence-electron chi connectivity index (χ4n) is 3.09. The van der Waals surface area contributed by atoms with Gasteiger partial charge in [0.15, 0.2) is 0 Å². The minimum absolute atomic E-state index is 0.222. The lowest BCUT2D eigenvalue weighted by Gasteiger charge is -2.36. The highest BCUT2D eigenvalue weighted by Crippen LogP contribution is 2.32. The van der Waals surface area contributed by atoms with Crippen LogP contribution in [0.4, 0.5) is 4.79 Å². The molecule has 0 fully saturated rings. The monoisotopic (exact) mass is 366 g/mol. The molecule has 0 saturated heterocycles. The van der Waals surface area contributed by atoms with Crippen LogP contribution < -0.4 is 5.48 Å². The minimum atomic E-state index is -0.482. The molecule has 2 atom stereocenters. The Labute approximate surface area is 158 Å². The van der Waals surface area contributed by atoms with Gasteiger partial charge in [-0.3, -0.25) is 14.5 Å². The Bertz CT molecular complexity index is 792. The van der Waals surface area contributed by atoms with E-state index in [9.17, 15) is 9.59 Å². The van der Waals surface area contributed by atoms with Crippen molar-refractivity contribution in [3.8, 4) is 0 Å². The first-order valence-electron chi connectivity index (χ1n) is 8.75. The molecular weight excluding hydrogens is 344 g/mol. The number of benzene rings is 2. The van der Waals surface area contributed by atoms with E-state index in [4.69, 9.17) is 9.57 Å². The van der Waals surface area contributed by atoms with Crippen molar-refractivity contribution < 1.29 is 19.2 Å². The molecule has 1 heterocycles. The Kier molecular flexibility index (Phi) is 6.22. The lowest BCUT2D eigenvalue weighted by Crippen LogP contribution is -2.43. The molecule has 0 bridgehead atoms. The molecule has 0 aromatic heterocycles. The molecule has 6 heteroatoms. The Morgan fingerprint density at radius 3 is 2.41 bits per heavy atom. The summed E-state index contributed by atoms with van der Waals surface area (Å²) in [5, 5.41) is 0. The van der Waals surface area contributed by atoms with E-state index in [1.54, 1.807) is 6.20 Å². The summed E-state index contributed by atoms with van der Waals surface area (Å²) < 4.78 is 4.89. The Balaban J connectivity index is 1.71. The molecule has 6 nitrogen and oxygen atoms in total. The number of hydrogen-bond acceptors (Lipinski definition) is 4. The molecule has 2 amide bonds. The highest BCUT2D eigenvalue weighted by atomic mass is 16.7. The third-order valence-corrected chi connectivity index (χ3v) is 4.34. The highest BCUT2D eigenvalue weighted by molar-refractivity contribution is 5.77. The quantitative estimate of drug-likeness (QED) is 0.824. The summed E-state index contributed by atoms with van der Waals surface area (Å²) in [4.78, 5) is 31.6. The van der Waals surface area contributed by atoms with E-state index in [0.717, 1.165) is 11.1 Å². The second kappa shape index (κ2) is 9.00. The minimum Gasteiger partial charge on any atom is -0.452 e. The summed E-state index contributed by atoms with van der Waals surface area (Å²) in [7, 11) is 1.34. The zero-order chi connectivity index (χ0) is 19.1. The second-order valence-corrected chi connectivity index (χ2v) is 6.20. The Morgan fingerprint density at radius 2 is 1.74 bits per heavy atom. The SMILES string of the molecule is COC(=O)N1C=CC[C@@H](ONC(=O)Cc2ccccc2)[C@@H]1c1ccccc1. The van der Waals surface area contributed by atoms with Crippen molar-refractivity contribution in [3.63, 3.8) is 0 Å². The van der Waals surface area contributed by atoms with Gasteiger partial charge in [0, 0.05) is 6.20 Å². The molecule has 2 aromatic rings. The van der Waals surface area contributed by atoms with Crippen LogP contribution in [0.2, 0.25) is 0 Å². The molecular formula is C21H22N2O4. The number of hydrogen-bond donors (Lipinski definition) is 1. The topological polar surface area (TPSA) is 67.9 Å². The van der Waals surface area contributed by atoms with Crippen molar-refractivity contribution in [2.24, 2.45) is 0 Å². The lowest BCUT2D eigenvalue weighted by molar-refractivity contribution is -0.141. The van der Waals surface area contributed by atoms with Gasteiger partial charge in [-0.05, 0) is 17.5 Å². The second-order valence-electron chi connectivity index (χ2n) is 6.20. The molecule has 1 aliphatic heterocycles. The lowest BCUT2D eigenvalue weighted by atomic mass is 9.95. The van der Waals surface area contributed by atoms with Crippen LogP contribution >= 0.6 is 0 Å². The number of nitrogens with zero attached hydrogens (tertiary/aromatic N) is 1. The number of carbonyl (C=O) groups excluding carboxylic acids is 2. The summed E-state index contributed by atoms with van der Waals surface area (Å²) in [5.41, 5.74) is 4.33. The number of ether oxygens (including phenoxy) is 1. The number of amides is 2. The van der Waals surface area contributed by atoms with Crippen LogP contribution in [-0.4, -0.2) is 30.1 Å². The number of hydroxylamine groups is 1. The van der Waals surface area contributed by atoms with Crippen LogP contribution in [0.5, 0.6) is 0 Å². The van der Waals surface area contributed by atoms with Gasteiger partial charge < -0.3 is 4.74 Å². The summed E-state index contributed by atoms with van der Waals surface area (Å²) in [6.45, 7) is 0. The van der Waals surface area contributed by atoms with E-state index in [1.165, 1.54) is 12.0 Å². The summed E-state index contributed by atoms with van der Waals surface area (Å²) in [6.07, 6.45) is 3.37. The van der Waals surface area contributed by atoms with Gasteiger partial charge in [-0.15, -0.1) is 0 Å². The van der Waals surface area contributed by atoms with E-state index < -0.39 is 18.2 Å². The van der Waals surface area contributed by atoms with Crippen LogP contribution in [0.25, 0.3) is 0 Å². The predicted octanol–water partition coefficient (Wildman–Crippen LogP) is 3.37. The molecule has 2 aromatic carbocycles. The average molecular weight is 366 g/mol. The summed E-state index contributed by atoms with van der Waals surface area (Å²) in [6, 6.07) is 18.6. The maximum Gasteiger partial charge on any atom is 0.414 e. The molecule has 0 aliphatic carbocycles. The van der Waals surface area contributed by atoms with Gasteiger partial charge in [0.05, 0.1) is 19.6 Å². The third kappa shape index (κ3) is 4.74. The zero-order valence-electron chi connectivity index (χ0n) is 15.1. The highest BCUT2D eigenvalue weighted by Gasteiger charge is 2.35. The van der Waals surface area contributed by atoms with E-state index in [0.29, 0.717) is 6.42 Å². The van der Waals surface area contributed by atoms with Crippen molar-refractivity contribution in [2.45, 2.75) is 25.0 Å². The van der Waals surface area contributed by atoms with Crippen molar-refractivity contribution in [2.75, 3.05) is 7.11 Å². The maximum atomic E-state index is 12.2. The van der Waals surface area contributed by atoms with Gasteiger partial charge in [0.1, 0.15) is 6.10 Å². The van der Waals surface area contributed by atoms with Gasteiger partial charge in [-0.25, -0.2) is 10.3 Å². The molecule has 1 aliphatic rings. The van der Waals surface area contributed by atoms with Gasteiger partial charge in [0.25, 0.3) is 0 Å². The van der Waals surface area contributed by atoms with Crippen molar-refractivity contribution in [3.05, 3.63) is 84.1 Å². The molecule has 0 unspecified atom stereocenters. The van der Waals surface area contributed by atoms with E-state index in [2.05, 4.69) is 5.48 Å². The van der Waals surface area contributed by atoms with Crippen molar-refractivity contribution in [1.82, 2.24) is 10.4 Å². The molecule has 140 valence electrons. The van der Waals surface area contributed by atoms with Crippen LogP contribution in [0.1, 0.15) is 23.6 Å². The van der Waals surface area contributed by atoms with Gasteiger partial charge in [-0.2, -0.15) is 0 Å². The Hall–Kier alpha value is -3.12. The number of methoxy groups -OCH3 is 1. The standard InChI is InChI=1S/C21H22N2O4/c1-26-21(25)23-14-8-13-18(20(23)17-11-6-3-7-12-17)27-22-19(24)15-16-9-4-2-5-10-16/h2-12,14,18,20H,13,15H2,1H3,(H,22,24)/t18-,20+/m1/s1. The van der Waals surface area contributed by atoms with Crippen molar-refractivity contribution >= 4 is 12.0 Å². The molecule has 27 heavy (non-hydrogen) atoms. The molecule has 0 radical (unpaired) electrons. The van der Waals surface area contributed by atoms with Crippen LogP contribution in [0, 0.1) is 0 Å². The fraction of sp³-hybridized carbons (Fsp3) is 0.238. The van der Waals surface area contributed by atoms with Gasteiger partial charge >= 0.3 is 6.09 Å². The third-order valence-electron chi connectivity index (χ3n) is 4.34. The van der Waals surface area contributed by atoms with Crippen molar-refractivity contribution in [1.29, 1.82) is 0 Å². The van der Waals surface area contributed by atoms with Gasteiger partial charge in [-0.1, -0.05) is 66.7 Å². The molecule has 0 spiro atoms. The number of nitrogens with one attached hydrogen (secondary N) is 1. The van der Waals surface area contributed by atoms with Crippen LogP contribution in [0.15, 0.2) is 72.9 Å². The Morgan fingerprint density at radius 1 is 1.07 bits per heavy atom. The van der Waals surface area contributed by atoms with E-state index in [-0.39, 0.29) is 12.3 Å². The normalized spacial score (nSPS) is 18.8. The zero-order valence-corrected chi connectivity index (χ0v) is 15.1. The number of rotatable bonds is 5. The van der Waals surface area contributed by atoms with Gasteiger partial charge in [0.2, 0.25) is 5.91 Å². The van der Waals surface area contributed by atoms with E-state index >= 15 is 0 Å². The molecule has 1 N–H and O–H groups in total. The van der Waals surface area contributed by atoms with Crippen LogP contribution in [0.3, 0.4) is 0 Å². The van der Waals surface area contributed by atoms with E-state index in [1.807, 2.05) is 66.7 Å². The summed E-state index contributed by atoms with van der Waals surface area (Å²) >= 11 is 0. The maximum absolute atomic E-state index is 12.2. The average Bonchev–Trinajstić information content (AvgIpc) is 2.72.